The van der Waals surface area contributed by atoms with Crippen LogP contribution in [0.15, 0.2) is 27.8 Å². The molecule has 1 unspecified atom stereocenters. The minimum atomic E-state index is -0.186. The van der Waals surface area contributed by atoms with E-state index in [-0.39, 0.29) is 10.7 Å². The van der Waals surface area contributed by atoms with Crippen LogP contribution in [0.2, 0.25) is 0 Å². The summed E-state index contributed by atoms with van der Waals surface area (Å²) in [5.41, 5.74) is 0.620. The number of nitrogens with zero attached hydrogens (tertiary/aromatic N) is 2. The first-order chi connectivity index (χ1) is 14.5. The van der Waals surface area contributed by atoms with Gasteiger partial charge in [0.15, 0.2) is 5.78 Å². The van der Waals surface area contributed by atoms with E-state index in [1.165, 1.54) is 31.0 Å². The van der Waals surface area contributed by atoms with Crippen LogP contribution in [0.5, 0.6) is 11.5 Å². The Hall–Kier alpha value is -2.02. The minimum Gasteiger partial charge on any atom is -0.497 e. The average molecular weight is 429 g/mol. The van der Waals surface area contributed by atoms with Gasteiger partial charge in [0.2, 0.25) is 5.89 Å². The van der Waals surface area contributed by atoms with Gasteiger partial charge < -0.3 is 13.9 Å². The molecule has 1 atom stereocenters. The predicted molar refractivity (Wildman–Crippen MR) is 114 cm³/mol. The largest absolute Gasteiger partial charge is 0.497 e. The Balaban J connectivity index is 1.31. The van der Waals surface area contributed by atoms with Crippen LogP contribution in [0, 0.1) is 23.2 Å². The molecule has 1 aromatic heterocycles. The maximum Gasteiger partial charge on any atom is 0.277 e. The molecule has 160 valence electrons. The maximum absolute atomic E-state index is 13.5. The molecule has 4 fully saturated rings. The Morgan fingerprint density at radius 3 is 2.13 bits per heavy atom. The number of aromatic nitrogens is 2. The molecule has 0 saturated heterocycles. The fourth-order valence-electron chi connectivity index (χ4n) is 6.35. The fraction of sp³-hybridized carbons (Fsp3) is 0.609. The van der Waals surface area contributed by atoms with Crippen molar-refractivity contribution in [2.45, 2.75) is 55.9 Å². The van der Waals surface area contributed by atoms with Crippen LogP contribution in [0.25, 0.3) is 11.5 Å². The molecular weight excluding hydrogens is 400 g/mol. The van der Waals surface area contributed by atoms with Gasteiger partial charge in [-0.1, -0.05) is 11.8 Å². The number of ketones is 1. The summed E-state index contributed by atoms with van der Waals surface area (Å²) in [7, 11) is 3.21. The lowest BCUT2D eigenvalue weighted by molar-refractivity contribution is -0.143. The van der Waals surface area contributed by atoms with Gasteiger partial charge in [-0.15, -0.1) is 10.2 Å². The topological polar surface area (TPSA) is 74.5 Å². The Morgan fingerprint density at radius 2 is 1.60 bits per heavy atom. The fourth-order valence-corrected chi connectivity index (χ4v) is 7.23. The summed E-state index contributed by atoms with van der Waals surface area (Å²) in [5, 5.41) is 8.61. The third-order valence-corrected chi connectivity index (χ3v) is 8.15. The highest BCUT2D eigenvalue weighted by Gasteiger charge is 2.55. The quantitative estimate of drug-likeness (QED) is 0.573. The van der Waals surface area contributed by atoms with E-state index in [1.807, 2.05) is 19.1 Å². The van der Waals surface area contributed by atoms with Crippen LogP contribution in [-0.4, -0.2) is 35.5 Å². The van der Waals surface area contributed by atoms with Crippen molar-refractivity contribution in [1.82, 2.24) is 10.2 Å². The molecule has 2 aromatic rings. The van der Waals surface area contributed by atoms with Gasteiger partial charge in [0.1, 0.15) is 11.5 Å². The molecule has 4 aliphatic carbocycles. The second kappa shape index (κ2) is 7.59. The molecule has 4 saturated carbocycles. The second-order valence-corrected chi connectivity index (χ2v) is 10.6. The molecule has 4 aliphatic rings. The number of benzene rings is 1. The summed E-state index contributed by atoms with van der Waals surface area (Å²) in [6, 6.07) is 5.45. The molecular formula is C23H28N2O4S. The zero-order chi connectivity index (χ0) is 20.9. The predicted octanol–water partition coefficient (Wildman–Crippen LogP) is 5.02. The summed E-state index contributed by atoms with van der Waals surface area (Å²) in [6.45, 7) is 1.99. The van der Waals surface area contributed by atoms with Crippen LogP contribution in [0.3, 0.4) is 0 Å². The summed E-state index contributed by atoms with van der Waals surface area (Å²) >= 11 is 1.38. The van der Waals surface area contributed by atoms with E-state index >= 15 is 0 Å². The van der Waals surface area contributed by atoms with Crippen LogP contribution < -0.4 is 9.47 Å². The lowest BCUT2D eigenvalue weighted by atomic mass is 9.48. The normalized spacial score (nSPS) is 30.3. The number of hydrogen-bond donors (Lipinski definition) is 0. The van der Waals surface area contributed by atoms with E-state index in [9.17, 15) is 4.79 Å². The number of carbonyl (C=O) groups is 1. The highest BCUT2D eigenvalue weighted by Crippen LogP contribution is 2.61. The van der Waals surface area contributed by atoms with Gasteiger partial charge in [-0.3, -0.25) is 4.79 Å². The van der Waals surface area contributed by atoms with Gasteiger partial charge >= 0.3 is 0 Å². The van der Waals surface area contributed by atoms with Gasteiger partial charge in [-0.05, 0) is 75.3 Å². The lowest BCUT2D eigenvalue weighted by Crippen LogP contribution is -2.51. The third kappa shape index (κ3) is 3.51. The highest BCUT2D eigenvalue weighted by atomic mass is 32.2. The van der Waals surface area contributed by atoms with Gasteiger partial charge in [0.05, 0.1) is 19.5 Å². The van der Waals surface area contributed by atoms with Crippen LogP contribution >= 0.6 is 11.8 Å². The molecule has 6 rings (SSSR count). The second-order valence-electron chi connectivity index (χ2n) is 9.30. The minimum absolute atomic E-state index is 0.107. The summed E-state index contributed by atoms with van der Waals surface area (Å²) in [5.74, 6) is 4.36. The van der Waals surface area contributed by atoms with E-state index in [0.717, 1.165) is 42.6 Å². The summed E-state index contributed by atoms with van der Waals surface area (Å²) < 4.78 is 16.5. The monoisotopic (exact) mass is 428 g/mol. The number of carbonyl (C=O) groups excluding carboxylic acids is 1. The first kappa shape index (κ1) is 19.9. The highest BCUT2D eigenvalue weighted by molar-refractivity contribution is 8.00. The molecule has 1 heterocycles. The number of ether oxygens (including phenoxy) is 2. The molecule has 7 heteroatoms. The maximum atomic E-state index is 13.5. The Kier molecular flexibility index (Phi) is 5.04. The first-order valence-electron chi connectivity index (χ1n) is 10.8. The number of hydrogen-bond acceptors (Lipinski definition) is 7. The Bertz CT molecular complexity index is 899. The van der Waals surface area contributed by atoms with Gasteiger partial charge in [-0.25, -0.2) is 0 Å². The Labute approximate surface area is 181 Å². The van der Waals surface area contributed by atoms with Crippen molar-refractivity contribution in [3.63, 3.8) is 0 Å². The average Bonchev–Trinajstić information content (AvgIpc) is 3.20. The van der Waals surface area contributed by atoms with Crippen molar-refractivity contribution in [3.05, 3.63) is 18.2 Å². The third-order valence-electron chi connectivity index (χ3n) is 7.21. The number of thioether (sulfide) groups is 1. The molecule has 1 aromatic carbocycles. The van der Waals surface area contributed by atoms with Crippen molar-refractivity contribution in [2.75, 3.05) is 14.2 Å². The summed E-state index contributed by atoms with van der Waals surface area (Å²) in [6.07, 6.45) is 7.27. The molecule has 30 heavy (non-hydrogen) atoms. The van der Waals surface area contributed by atoms with E-state index < -0.39 is 0 Å². The zero-order valence-electron chi connectivity index (χ0n) is 17.7. The lowest BCUT2D eigenvalue weighted by Gasteiger charge is -2.56. The number of methoxy groups -OCH3 is 2. The van der Waals surface area contributed by atoms with E-state index in [4.69, 9.17) is 13.9 Å². The van der Waals surface area contributed by atoms with Crippen molar-refractivity contribution < 1.29 is 18.7 Å². The van der Waals surface area contributed by atoms with Crippen LogP contribution in [-0.2, 0) is 4.79 Å². The molecule has 6 nitrogen and oxygen atoms in total. The van der Waals surface area contributed by atoms with Crippen molar-refractivity contribution in [3.8, 4) is 23.0 Å². The van der Waals surface area contributed by atoms with Gasteiger partial charge in [0, 0.05) is 17.0 Å². The van der Waals surface area contributed by atoms with Gasteiger partial charge in [-0.2, -0.15) is 0 Å². The van der Waals surface area contributed by atoms with Crippen LogP contribution in [0.4, 0.5) is 0 Å². The van der Waals surface area contributed by atoms with Crippen molar-refractivity contribution in [2.24, 2.45) is 23.2 Å². The SMILES string of the molecule is COc1cc(OC)cc(-c2nnc(SC(C)C(=O)C34CC5CC(CC(C5)C3)C4)o2)c1. The zero-order valence-corrected chi connectivity index (χ0v) is 18.5. The van der Waals surface area contributed by atoms with Crippen molar-refractivity contribution in [1.29, 1.82) is 0 Å². The van der Waals surface area contributed by atoms with Gasteiger partial charge in [0.25, 0.3) is 5.22 Å². The summed E-state index contributed by atoms with van der Waals surface area (Å²) in [4.78, 5) is 13.5. The van der Waals surface area contributed by atoms with Crippen molar-refractivity contribution >= 4 is 17.5 Å². The number of Topliss-reactive ketones (excluding diaryl/α,β-unsaturated/α-hetero) is 1. The number of rotatable bonds is 7. The molecule has 0 spiro atoms. The molecule has 0 radical (unpaired) electrons. The van der Waals surface area contributed by atoms with Crippen LogP contribution in [0.1, 0.15) is 45.4 Å². The first-order valence-corrected chi connectivity index (χ1v) is 11.6. The molecule has 0 amide bonds. The van der Waals surface area contributed by atoms with E-state index in [0.29, 0.717) is 28.4 Å². The Morgan fingerprint density at radius 1 is 1.03 bits per heavy atom. The van der Waals surface area contributed by atoms with E-state index in [1.54, 1.807) is 20.3 Å². The molecule has 4 bridgehead atoms. The smallest absolute Gasteiger partial charge is 0.277 e. The molecule has 0 N–H and O–H groups in total. The molecule has 0 aliphatic heterocycles. The standard InChI is InChI=1S/C23H28N2O4S/c1-13(20(26)23-10-14-4-15(11-23)6-16(5-14)12-23)30-22-25-24-21(29-22)17-7-18(27-2)9-19(8-17)28-3/h7-9,13-16H,4-6,10-12H2,1-3H3. The van der Waals surface area contributed by atoms with E-state index in [2.05, 4.69) is 10.2 Å².